The average Bonchev–Trinajstić information content (AvgIpc) is 2.21. The quantitative estimate of drug-likeness (QED) is 0.771. The molecule has 1 saturated heterocycles. The van der Waals surface area contributed by atoms with Crippen LogP contribution in [-0.2, 0) is 4.79 Å². The van der Waals surface area contributed by atoms with E-state index >= 15 is 0 Å². The Morgan fingerprint density at radius 1 is 1.56 bits per heavy atom. The number of halogens is 1. The van der Waals surface area contributed by atoms with Crippen molar-refractivity contribution in [2.75, 3.05) is 19.0 Å². The molecule has 0 aromatic carbocycles. The number of aliphatic hydroxyl groups is 1. The number of carbonyl (C=O) groups excluding carboxylic acids is 1. The van der Waals surface area contributed by atoms with Crippen LogP contribution in [0.5, 0.6) is 0 Å². The number of amides is 1. The predicted molar refractivity (Wildman–Crippen MR) is 65.5 cm³/mol. The lowest BCUT2D eigenvalue weighted by Crippen LogP contribution is -2.46. The Morgan fingerprint density at radius 2 is 2.25 bits per heavy atom. The Balaban J connectivity index is 2.49. The van der Waals surface area contributed by atoms with Crippen LogP contribution in [0.15, 0.2) is 0 Å². The van der Waals surface area contributed by atoms with Gasteiger partial charge in [-0.25, -0.2) is 0 Å². The SMILES string of the molecule is CC(C)C[C@@H]1CN(C(=O)CCCl)CC[C@@H]1O. The van der Waals surface area contributed by atoms with Gasteiger partial charge in [0, 0.05) is 31.3 Å². The van der Waals surface area contributed by atoms with Crippen molar-refractivity contribution in [2.24, 2.45) is 11.8 Å². The molecule has 0 unspecified atom stereocenters. The van der Waals surface area contributed by atoms with Gasteiger partial charge in [0.1, 0.15) is 0 Å². The van der Waals surface area contributed by atoms with Crippen molar-refractivity contribution < 1.29 is 9.90 Å². The monoisotopic (exact) mass is 247 g/mol. The molecule has 1 rings (SSSR count). The summed E-state index contributed by atoms with van der Waals surface area (Å²) in [6, 6.07) is 0. The van der Waals surface area contributed by atoms with E-state index in [4.69, 9.17) is 11.6 Å². The average molecular weight is 248 g/mol. The van der Waals surface area contributed by atoms with Gasteiger partial charge in [0.2, 0.25) is 5.91 Å². The van der Waals surface area contributed by atoms with Gasteiger partial charge in [-0.1, -0.05) is 13.8 Å². The molecule has 2 atom stereocenters. The number of alkyl halides is 1. The first-order valence-electron chi connectivity index (χ1n) is 6.06. The normalized spacial score (nSPS) is 26.2. The Bertz CT molecular complexity index is 233. The predicted octanol–water partition coefficient (Wildman–Crippen LogP) is 1.87. The molecule has 0 aromatic rings. The largest absolute Gasteiger partial charge is 0.393 e. The number of nitrogens with zero attached hydrogens (tertiary/aromatic N) is 1. The van der Waals surface area contributed by atoms with Crippen molar-refractivity contribution in [3.05, 3.63) is 0 Å². The van der Waals surface area contributed by atoms with E-state index in [2.05, 4.69) is 13.8 Å². The number of carbonyl (C=O) groups is 1. The van der Waals surface area contributed by atoms with Gasteiger partial charge in [-0.2, -0.15) is 0 Å². The summed E-state index contributed by atoms with van der Waals surface area (Å²) < 4.78 is 0. The third-order valence-electron chi connectivity index (χ3n) is 3.13. The minimum absolute atomic E-state index is 0.121. The van der Waals surface area contributed by atoms with E-state index < -0.39 is 0 Å². The first-order chi connectivity index (χ1) is 7.54. The van der Waals surface area contributed by atoms with Gasteiger partial charge >= 0.3 is 0 Å². The molecule has 0 saturated carbocycles. The highest BCUT2D eigenvalue weighted by Gasteiger charge is 2.30. The fourth-order valence-electron chi connectivity index (χ4n) is 2.32. The molecule has 1 N–H and O–H groups in total. The van der Waals surface area contributed by atoms with Crippen LogP contribution in [0.1, 0.15) is 33.1 Å². The lowest BCUT2D eigenvalue weighted by Gasteiger charge is -2.37. The van der Waals surface area contributed by atoms with E-state index in [-0.39, 0.29) is 17.9 Å². The number of likely N-dealkylation sites (tertiary alicyclic amines) is 1. The van der Waals surface area contributed by atoms with Crippen LogP contribution in [0.25, 0.3) is 0 Å². The lowest BCUT2D eigenvalue weighted by atomic mass is 9.87. The highest BCUT2D eigenvalue weighted by Crippen LogP contribution is 2.24. The zero-order chi connectivity index (χ0) is 12.1. The molecular weight excluding hydrogens is 226 g/mol. The molecule has 3 nitrogen and oxygen atoms in total. The molecule has 1 fully saturated rings. The fraction of sp³-hybridized carbons (Fsp3) is 0.917. The van der Waals surface area contributed by atoms with Crippen molar-refractivity contribution in [3.8, 4) is 0 Å². The molecule has 0 spiro atoms. The lowest BCUT2D eigenvalue weighted by molar-refractivity contribution is -0.134. The summed E-state index contributed by atoms with van der Waals surface area (Å²) in [4.78, 5) is 13.5. The first-order valence-corrected chi connectivity index (χ1v) is 6.59. The zero-order valence-electron chi connectivity index (χ0n) is 10.2. The van der Waals surface area contributed by atoms with E-state index in [1.165, 1.54) is 0 Å². The third-order valence-corrected chi connectivity index (χ3v) is 3.32. The van der Waals surface area contributed by atoms with Crippen LogP contribution in [-0.4, -0.2) is 41.0 Å². The summed E-state index contributed by atoms with van der Waals surface area (Å²) in [6.45, 7) is 5.65. The van der Waals surface area contributed by atoms with Gasteiger partial charge in [-0.3, -0.25) is 4.79 Å². The van der Waals surface area contributed by atoms with Gasteiger partial charge < -0.3 is 10.0 Å². The van der Waals surface area contributed by atoms with Crippen molar-refractivity contribution in [1.29, 1.82) is 0 Å². The molecule has 0 aliphatic carbocycles. The van der Waals surface area contributed by atoms with Gasteiger partial charge in [0.05, 0.1) is 6.10 Å². The molecular formula is C12H22ClNO2. The highest BCUT2D eigenvalue weighted by molar-refractivity contribution is 6.18. The Kier molecular flexibility index (Phi) is 5.56. The molecule has 0 bridgehead atoms. The van der Waals surface area contributed by atoms with Crippen LogP contribution in [0.4, 0.5) is 0 Å². The van der Waals surface area contributed by atoms with E-state index in [0.29, 0.717) is 37.7 Å². The number of hydrogen-bond donors (Lipinski definition) is 1. The molecule has 16 heavy (non-hydrogen) atoms. The summed E-state index contributed by atoms with van der Waals surface area (Å²) in [7, 11) is 0. The number of rotatable bonds is 4. The second-order valence-electron chi connectivity index (χ2n) is 5.02. The number of piperidine rings is 1. The first kappa shape index (κ1) is 13.8. The zero-order valence-corrected chi connectivity index (χ0v) is 10.9. The molecule has 1 amide bonds. The topological polar surface area (TPSA) is 40.5 Å². The number of hydrogen-bond acceptors (Lipinski definition) is 2. The van der Waals surface area contributed by atoms with Gasteiger partial charge in [-0.05, 0) is 18.8 Å². The van der Waals surface area contributed by atoms with Crippen molar-refractivity contribution >= 4 is 17.5 Å². The highest BCUT2D eigenvalue weighted by atomic mass is 35.5. The summed E-state index contributed by atoms with van der Waals surface area (Å²) in [5, 5.41) is 9.88. The van der Waals surface area contributed by atoms with Gasteiger partial charge in [-0.15, -0.1) is 11.6 Å². The molecule has 4 heteroatoms. The Labute approximate surface area is 103 Å². The summed E-state index contributed by atoms with van der Waals surface area (Å²) in [5.74, 6) is 1.29. The second-order valence-corrected chi connectivity index (χ2v) is 5.40. The van der Waals surface area contributed by atoms with Crippen molar-refractivity contribution in [3.63, 3.8) is 0 Å². The van der Waals surface area contributed by atoms with E-state index in [9.17, 15) is 9.90 Å². The molecule has 94 valence electrons. The van der Waals surface area contributed by atoms with Crippen LogP contribution in [0, 0.1) is 11.8 Å². The third kappa shape index (κ3) is 3.95. The number of aliphatic hydroxyl groups excluding tert-OH is 1. The van der Waals surface area contributed by atoms with Crippen LogP contribution < -0.4 is 0 Å². The molecule has 0 aromatic heterocycles. The van der Waals surface area contributed by atoms with E-state index in [1.807, 2.05) is 4.90 Å². The Morgan fingerprint density at radius 3 is 2.81 bits per heavy atom. The standard InChI is InChI=1S/C12H22ClNO2/c1-9(2)7-10-8-14(6-4-11(10)15)12(16)3-5-13/h9-11,15H,3-8H2,1-2H3/t10-,11+/m1/s1. The summed E-state index contributed by atoms with van der Waals surface area (Å²) in [5.41, 5.74) is 0. The van der Waals surface area contributed by atoms with E-state index in [1.54, 1.807) is 0 Å². The summed E-state index contributed by atoms with van der Waals surface area (Å²) in [6.07, 6.45) is 1.84. The molecule has 1 heterocycles. The van der Waals surface area contributed by atoms with Crippen LogP contribution in [0.3, 0.4) is 0 Å². The smallest absolute Gasteiger partial charge is 0.223 e. The molecule has 1 aliphatic heterocycles. The van der Waals surface area contributed by atoms with Crippen molar-refractivity contribution in [1.82, 2.24) is 4.90 Å². The minimum atomic E-state index is -0.248. The van der Waals surface area contributed by atoms with Crippen LogP contribution >= 0.6 is 11.6 Å². The maximum atomic E-state index is 11.7. The minimum Gasteiger partial charge on any atom is -0.393 e. The van der Waals surface area contributed by atoms with Gasteiger partial charge in [0.25, 0.3) is 0 Å². The van der Waals surface area contributed by atoms with E-state index in [0.717, 1.165) is 6.42 Å². The fourth-order valence-corrected chi connectivity index (χ4v) is 2.48. The van der Waals surface area contributed by atoms with Crippen LogP contribution in [0.2, 0.25) is 0 Å². The molecule has 0 radical (unpaired) electrons. The molecule has 1 aliphatic rings. The van der Waals surface area contributed by atoms with Crippen molar-refractivity contribution in [2.45, 2.75) is 39.2 Å². The second kappa shape index (κ2) is 6.45. The van der Waals surface area contributed by atoms with Gasteiger partial charge in [0.15, 0.2) is 0 Å². The Hall–Kier alpha value is -0.280. The maximum Gasteiger partial charge on any atom is 0.223 e. The maximum absolute atomic E-state index is 11.7. The summed E-state index contributed by atoms with van der Waals surface area (Å²) >= 11 is 5.57.